The Kier molecular flexibility index (Phi) is 4.04. The fourth-order valence-corrected chi connectivity index (χ4v) is 3.26. The Labute approximate surface area is 94.2 Å². The minimum Gasteiger partial charge on any atom is -0.330 e. The summed E-state index contributed by atoms with van der Waals surface area (Å²) < 4.78 is 0. The maximum Gasteiger partial charge on any atom is 0.000985 e. The van der Waals surface area contributed by atoms with E-state index in [1.54, 1.807) is 0 Å². The van der Waals surface area contributed by atoms with E-state index in [2.05, 4.69) is 11.9 Å². The fourth-order valence-electron chi connectivity index (χ4n) is 3.26. The molecule has 2 fully saturated rings. The summed E-state index contributed by atoms with van der Waals surface area (Å²) in [5.41, 5.74) is 5.82. The van der Waals surface area contributed by atoms with Gasteiger partial charge in [-0.1, -0.05) is 12.8 Å². The first-order chi connectivity index (χ1) is 7.29. The lowest BCUT2D eigenvalue weighted by molar-refractivity contribution is 0.173. The van der Waals surface area contributed by atoms with Crippen molar-refractivity contribution in [2.45, 2.75) is 38.5 Å². The van der Waals surface area contributed by atoms with Gasteiger partial charge >= 0.3 is 0 Å². The Morgan fingerprint density at radius 3 is 2.27 bits per heavy atom. The zero-order chi connectivity index (χ0) is 10.7. The van der Waals surface area contributed by atoms with Crippen LogP contribution in [-0.4, -0.2) is 31.6 Å². The molecule has 0 aromatic carbocycles. The van der Waals surface area contributed by atoms with Crippen LogP contribution in [0.5, 0.6) is 0 Å². The molecule has 0 amide bonds. The normalized spacial score (nSPS) is 32.2. The van der Waals surface area contributed by atoms with Gasteiger partial charge in [-0.05, 0) is 57.0 Å². The van der Waals surface area contributed by atoms with Crippen molar-refractivity contribution in [3.63, 3.8) is 0 Å². The van der Waals surface area contributed by atoms with Gasteiger partial charge in [0.15, 0.2) is 0 Å². The number of hydrogen-bond donors (Lipinski definition) is 1. The molecule has 2 N–H and O–H groups in total. The second-order valence-electron chi connectivity index (χ2n) is 5.70. The minimum atomic E-state index is 0.814. The molecule has 2 aliphatic rings. The molecule has 0 aromatic heterocycles. The predicted molar refractivity (Wildman–Crippen MR) is 64.7 cm³/mol. The van der Waals surface area contributed by atoms with Crippen molar-refractivity contribution in [3.05, 3.63) is 0 Å². The van der Waals surface area contributed by atoms with E-state index in [0.717, 1.165) is 24.3 Å². The molecule has 2 atom stereocenters. The molecule has 0 heterocycles. The summed E-state index contributed by atoms with van der Waals surface area (Å²) in [6.07, 6.45) is 8.59. The van der Waals surface area contributed by atoms with Gasteiger partial charge in [-0.3, -0.25) is 0 Å². The Hall–Kier alpha value is -0.0800. The van der Waals surface area contributed by atoms with Crippen LogP contribution in [0.1, 0.15) is 38.5 Å². The van der Waals surface area contributed by atoms with Crippen LogP contribution in [-0.2, 0) is 0 Å². The monoisotopic (exact) mass is 210 g/mol. The summed E-state index contributed by atoms with van der Waals surface area (Å²) in [6.45, 7) is 3.52. The van der Waals surface area contributed by atoms with Gasteiger partial charge in [-0.25, -0.2) is 0 Å². The van der Waals surface area contributed by atoms with E-state index in [-0.39, 0.29) is 0 Å². The van der Waals surface area contributed by atoms with Gasteiger partial charge in [0.2, 0.25) is 0 Å². The molecule has 88 valence electrons. The Balaban J connectivity index is 1.69. The number of nitrogens with two attached hydrogens (primary N) is 1. The van der Waals surface area contributed by atoms with Crippen molar-refractivity contribution in [3.8, 4) is 0 Å². The van der Waals surface area contributed by atoms with E-state index >= 15 is 0 Å². The Bertz CT molecular complexity index is 189. The zero-order valence-corrected chi connectivity index (χ0v) is 10.1. The third kappa shape index (κ3) is 2.94. The lowest BCUT2D eigenvalue weighted by Gasteiger charge is -2.32. The summed E-state index contributed by atoms with van der Waals surface area (Å²) in [4.78, 5) is 2.56. The molecule has 0 aliphatic heterocycles. The highest BCUT2D eigenvalue weighted by atomic mass is 15.1. The van der Waals surface area contributed by atoms with E-state index in [0.29, 0.717) is 0 Å². The van der Waals surface area contributed by atoms with Gasteiger partial charge in [0.1, 0.15) is 0 Å². The molecule has 0 bridgehead atoms. The minimum absolute atomic E-state index is 0.814. The Morgan fingerprint density at radius 2 is 1.67 bits per heavy atom. The van der Waals surface area contributed by atoms with Crippen molar-refractivity contribution in [2.24, 2.45) is 23.5 Å². The lowest BCUT2D eigenvalue weighted by Crippen LogP contribution is -2.35. The summed E-state index contributed by atoms with van der Waals surface area (Å²) in [5, 5.41) is 0. The van der Waals surface area contributed by atoms with Gasteiger partial charge in [-0.2, -0.15) is 0 Å². The van der Waals surface area contributed by atoms with Crippen LogP contribution in [0.2, 0.25) is 0 Å². The highest BCUT2D eigenvalue weighted by molar-refractivity contribution is 4.81. The van der Waals surface area contributed by atoms with Gasteiger partial charge < -0.3 is 10.6 Å². The van der Waals surface area contributed by atoms with Crippen LogP contribution >= 0.6 is 0 Å². The van der Waals surface area contributed by atoms with Gasteiger partial charge in [-0.15, -0.1) is 0 Å². The van der Waals surface area contributed by atoms with Gasteiger partial charge in [0.05, 0.1) is 0 Å². The number of rotatable bonds is 5. The highest BCUT2D eigenvalue weighted by Gasteiger charge is 2.28. The number of nitrogens with zero attached hydrogens (tertiary/aromatic N) is 1. The molecular formula is C13H26N2. The van der Waals surface area contributed by atoms with Crippen LogP contribution < -0.4 is 5.73 Å². The van der Waals surface area contributed by atoms with E-state index in [1.165, 1.54) is 51.6 Å². The van der Waals surface area contributed by atoms with Crippen molar-refractivity contribution in [2.75, 3.05) is 26.7 Å². The molecule has 0 radical (unpaired) electrons. The average Bonchev–Trinajstić information content (AvgIpc) is 2.59. The van der Waals surface area contributed by atoms with Crippen LogP contribution in [0.3, 0.4) is 0 Å². The lowest BCUT2D eigenvalue weighted by atomic mass is 9.85. The van der Waals surface area contributed by atoms with Gasteiger partial charge in [0.25, 0.3) is 0 Å². The number of hydrogen-bond acceptors (Lipinski definition) is 2. The standard InChI is InChI=1S/C13H26N2/c1-15(9-11-4-2-5-11)10-13-7-3-6-12(13)8-14/h11-13H,2-10,14H2,1H3. The van der Waals surface area contributed by atoms with Crippen molar-refractivity contribution in [1.82, 2.24) is 4.90 Å². The first-order valence-electron chi connectivity index (χ1n) is 6.68. The van der Waals surface area contributed by atoms with Crippen molar-refractivity contribution >= 4 is 0 Å². The summed E-state index contributed by atoms with van der Waals surface area (Å²) in [6, 6.07) is 0. The van der Waals surface area contributed by atoms with Crippen LogP contribution in [0, 0.1) is 17.8 Å². The largest absolute Gasteiger partial charge is 0.330 e. The fraction of sp³-hybridized carbons (Fsp3) is 1.00. The summed E-state index contributed by atoms with van der Waals surface area (Å²) in [7, 11) is 2.30. The molecule has 2 heteroatoms. The second-order valence-corrected chi connectivity index (χ2v) is 5.70. The van der Waals surface area contributed by atoms with E-state index in [4.69, 9.17) is 5.73 Å². The third-order valence-electron chi connectivity index (χ3n) is 4.46. The summed E-state index contributed by atoms with van der Waals surface area (Å²) in [5.74, 6) is 2.71. The van der Waals surface area contributed by atoms with Crippen LogP contribution in [0.4, 0.5) is 0 Å². The molecular weight excluding hydrogens is 184 g/mol. The molecule has 0 saturated heterocycles. The van der Waals surface area contributed by atoms with Crippen LogP contribution in [0.25, 0.3) is 0 Å². The van der Waals surface area contributed by atoms with E-state index in [9.17, 15) is 0 Å². The maximum atomic E-state index is 5.82. The smallest absolute Gasteiger partial charge is 0.000985 e. The van der Waals surface area contributed by atoms with Crippen molar-refractivity contribution in [1.29, 1.82) is 0 Å². The molecule has 2 nitrogen and oxygen atoms in total. The highest BCUT2D eigenvalue weighted by Crippen LogP contribution is 2.32. The summed E-state index contributed by atoms with van der Waals surface area (Å²) >= 11 is 0. The van der Waals surface area contributed by atoms with E-state index in [1.807, 2.05) is 0 Å². The zero-order valence-electron chi connectivity index (χ0n) is 10.1. The second kappa shape index (κ2) is 5.31. The first kappa shape index (κ1) is 11.4. The average molecular weight is 210 g/mol. The quantitative estimate of drug-likeness (QED) is 0.753. The van der Waals surface area contributed by atoms with Gasteiger partial charge in [0, 0.05) is 13.1 Å². The molecule has 0 spiro atoms. The molecule has 2 aliphatic carbocycles. The molecule has 15 heavy (non-hydrogen) atoms. The third-order valence-corrected chi connectivity index (χ3v) is 4.46. The maximum absolute atomic E-state index is 5.82. The van der Waals surface area contributed by atoms with E-state index < -0.39 is 0 Å². The van der Waals surface area contributed by atoms with Crippen LogP contribution in [0.15, 0.2) is 0 Å². The molecule has 2 rings (SSSR count). The predicted octanol–water partition coefficient (Wildman–Crippen LogP) is 2.09. The van der Waals surface area contributed by atoms with Crippen molar-refractivity contribution < 1.29 is 0 Å². The Morgan fingerprint density at radius 1 is 1.00 bits per heavy atom. The molecule has 2 saturated carbocycles. The molecule has 2 unspecified atom stereocenters. The first-order valence-corrected chi connectivity index (χ1v) is 6.68. The topological polar surface area (TPSA) is 29.3 Å². The molecule has 0 aromatic rings. The SMILES string of the molecule is CN(CC1CCC1)CC1CCCC1CN.